The van der Waals surface area contributed by atoms with E-state index in [9.17, 15) is 14.7 Å². The van der Waals surface area contributed by atoms with E-state index in [4.69, 9.17) is 9.47 Å². The molecule has 0 atom stereocenters. The molecule has 6 heteroatoms. The summed E-state index contributed by atoms with van der Waals surface area (Å²) >= 11 is 0. The Kier molecular flexibility index (Phi) is 6.20. The number of likely N-dealkylation sites (tertiary alicyclic amines) is 1. The van der Waals surface area contributed by atoms with Crippen molar-refractivity contribution in [1.29, 1.82) is 0 Å². The summed E-state index contributed by atoms with van der Waals surface area (Å²) in [5.41, 5.74) is -0.787. The monoisotopic (exact) mass is 313 g/mol. The summed E-state index contributed by atoms with van der Waals surface area (Å²) in [6.07, 6.45) is 5.09. The van der Waals surface area contributed by atoms with E-state index in [1.165, 1.54) is 0 Å². The molecule has 1 heterocycles. The number of hydrogen-bond donors (Lipinski definition) is 1. The average Bonchev–Trinajstić information content (AvgIpc) is 2.47. The van der Waals surface area contributed by atoms with Crippen molar-refractivity contribution in [3.05, 3.63) is 0 Å². The normalized spacial score (nSPS) is 21.4. The molecule has 6 nitrogen and oxygen atoms in total. The molecular formula is C16H27NO5. The molecule has 2 rings (SSSR count). The maximum absolute atomic E-state index is 12.3. The van der Waals surface area contributed by atoms with Crippen LogP contribution in [0.2, 0.25) is 0 Å². The van der Waals surface area contributed by atoms with Crippen LogP contribution in [-0.2, 0) is 19.1 Å². The lowest BCUT2D eigenvalue weighted by molar-refractivity contribution is -0.160. The third kappa shape index (κ3) is 4.20. The molecule has 2 fully saturated rings. The SMILES string of the molecule is COCCCOC1CCN(C(=O)CC2(C(=O)O)CCC2)CC1. The van der Waals surface area contributed by atoms with Crippen molar-refractivity contribution in [1.82, 2.24) is 4.90 Å². The lowest BCUT2D eigenvalue weighted by atomic mass is 9.66. The fraction of sp³-hybridized carbons (Fsp3) is 0.875. The summed E-state index contributed by atoms with van der Waals surface area (Å²) in [4.78, 5) is 25.5. The molecule has 1 saturated heterocycles. The van der Waals surface area contributed by atoms with Crippen molar-refractivity contribution < 1.29 is 24.2 Å². The lowest BCUT2D eigenvalue weighted by Crippen LogP contribution is -2.46. The highest BCUT2D eigenvalue weighted by atomic mass is 16.5. The van der Waals surface area contributed by atoms with E-state index in [0.29, 0.717) is 39.1 Å². The molecule has 1 amide bonds. The van der Waals surface area contributed by atoms with Crippen LogP contribution in [0, 0.1) is 5.41 Å². The molecular weight excluding hydrogens is 286 g/mol. The van der Waals surface area contributed by atoms with E-state index in [2.05, 4.69) is 0 Å². The van der Waals surface area contributed by atoms with E-state index in [-0.39, 0.29) is 18.4 Å². The Morgan fingerprint density at radius 3 is 2.41 bits per heavy atom. The van der Waals surface area contributed by atoms with Crippen molar-refractivity contribution in [2.45, 2.75) is 51.0 Å². The lowest BCUT2D eigenvalue weighted by Gasteiger charge is -2.39. The molecule has 0 aromatic rings. The first-order valence-electron chi connectivity index (χ1n) is 8.19. The van der Waals surface area contributed by atoms with Crippen molar-refractivity contribution in [3.8, 4) is 0 Å². The second-order valence-electron chi connectivity index (χ2n) is 6.41. The summed E-state index contributed by atoms with van der Waals surface area (Å²) in [5.74, 6) is -0.830. The van der Waals surface area contributed by atoms with Crippen LogP contribution in [0.15, 0.2) is 0 Å². The molecule has 1 aliphatic heterocycles. The number of carbonyl (C=O) groups excluding carboxylic acids is 1. The molecule has 126 valence electrons. The zero-order valence-electron chi connectivity index (χ0n) is 13.4. The van der Waals surface area contributed by atoms with Gasteiger partial charge in [-0.25, -0.2) is 0 Å². The number of carboxylic acids is 1. The highest BCUT2D eigenvalue weighted by molar-refractivity contribution is 5.85. The van der Waals surface area contributed by atoms with Crippen LogP contribution in [0.1, 0.15) is 44.9 Å². The van der Waals surface area contributed by atoms with Gasteiger partial charge in [-0.05, 0) is 32.1 Å². The summed E-state index contributed by atoms with van der Waals surface area (Å²) in [6, 6.07) is 0. The average molecular weight is 313 g/mol. The Morgan fingerprint density at radius 2 is 1.91 bits per heavy atom. The Bertz CT molecular complexity index is 386. The highest BCUT2D eigenvalue weighted by Crippen LogP contribution is 2.44. The number of aliphatic carboxylic acids is 1. The Balaban J connectivity index is 1.70. The van der Waals surface area contributed by atoms with E-state index in [0.717, 1.165) is 25.7 Å². The highest BCUT2D eigenvalue weighted by Gasteiger charge is 2.46. The predicted molar refractivity (Wildman–Crippen MR) is 80.6 cm³/mol. The smallest absolute Gasteiger partial charge is 0.310 e. The van der Waals surface area contributed by atoms with Gasteiger partial charge in [0.15, 0.2) is 0 Å². The van der Waals surface area contributed by atoms with Gasteiger partial charge in [-0.3, -0.25) is 9.59 Å². The van der Waals surface area contributed by atoms with E-state index in [1.54, 1.807) is 12.0 Å². The summed E-state index contributed by atoms with van der Waals surface area (Å²) in [6.45, 7) is 2.73. The van der Waals surface area contributed by atoms with Crippen molar-refractivity contribution in [2.24, 2.45) is 5.41 Å². The van der Waals surface area contributed by atoms with Gasteiger partial charge in [0.2, 0.25) is 5.91 Å². The zero-order valence-corrected chi connectivity index (χ0v) is 13.4. The minimum Gasteiger partial charge on any atom is -0.481 e. The second-order valence-corrected chi connectivity index (χ2v) is 6.41. The Labute approximate surface area is 131 Å². The largest absolute Gasteiger partial charge is 0.481 e. The maximum atomic E-state index is 12.3. The molecule has 1 saturated carbocycles. The van der Waals surface area contributed by atoms with E-state index >= 15 is 0 Å². The van der Waals surface area contributed by atoms with Crippen LogP contribution in [0.5, 0.6) is 0 Å². The van der Waals surface area contributed by atoms with Crippen LogP contribution in [0.4, 0.5) is 0 Å². The predicted octanol–water partition coefficient (Wildman–Crippen LogP) is 1.68. The molecule has 22 heavy (non-hydrogen) atoms. The van der Waals surface area contributed by atoms with Crippen LogP contribution in [0.25, 0.3) is 0 Å². The number of piperidine rings is 1. The quantitative estimate of drug-likeness (QED) is 0.690. The van der Waals surface area contributed by atoms with Crippen LogP contribution >= 0.6 is 0 Å². The number of carboxylic acid groups (broad SMARTS) is 1. The molecule has 1 N–H and O–H groups in total. The van der Waals surface area contributed by atoms with Crippen molar-refractivity contribution >= 4 is 11.9 Å². The third-order valence-electron chi connectivity index (χ3n) is 4.89. The van der Waals surface area contributed by atoms with E-state index in [1.807, 2.05) is 0 Å². The minimum atomic E-state index is -0.816. The molecule has 0 unspecified atom stereocenters. The van der Waals surface area contributed by atoms with Gasteiger partial charge in [-0.2, -0.15) is 0 Å². The first-order valence-corrected chi connectivity index (χ1v) is 8.19. The standard InChI is InChI=1S/C16H27NO5/c1-21-10-3-11-22-13-4-8-17(9-5-13)14(18)12-16(15(19)20)6-2-7-16/h13H,2-12H2,1H3,(H,19,20). The maximum Gasteiger partial charge on any atom is 0.310 e. The van der Waals surface area contributed by atoms with Crippen molar-refractivity contribution in [2.75, 3.05) is 33.4 Å². The van der Waals surface area contributed by atoms with Gasteiger partial charge in [0, 0.05) is 39.8 Å². The van der Waals surface area contributed by atoms with Gasteiger partial charge in [0.05, 0.1) is 11.5 Å². The molecule has 2 aliphatic rings. The minimum absolute atomic E-state index is 0.0140. The number of hydrogen-bond acceptors (Lipinski definition) is 4. The Morgan fingerprint density at radius 1 is 1.23 bits per heavy atom. The number of carbonyl (C=O) groups is 2. The number of methoxy groups -OCH3 is 1. The summed E-state index contributed by atoms with van der Waals surface area (Å²) in [5, 5.41) is 9.31. The number of ether oxygens (including phenoxy) is 2. The van der Waals surface area contributed by atoms with Gasteiger partial charge >= 0.3 is 5.97 Å². The third-order valence-corrected chi connectivity index (χ3v) is 4.89. The first kappa shape index (κ1) is 17.2. The van der Waals surface area contributed by atoms with Crippen LogP contribution < -0.4 is 0 Å². The fourth-order valence-corrected chi connectivity index (χ4v) is 3.20. The zero-order chi connectivity index (χ0) is 16.0. The molecule has 0 aromatic carbocycles. The first-order chi connectivity index (χ1) is 10.6. The van der Waals surface area contributed by atoms with Gasteiger partial charge in [-0.15, -0.1) is 0 Å². The molecule has 0 bridgehead atoms. The van der Waals surface area contributed by atoms with Crippen LogP contribution in [-0.4, -0.2) is 61.4 Å². The molecule has 0 aromatic heterocycles. The summed E-state index contributed by atoms with van der Waals surface area (Å²) in [7, 11) is 1.68. The van der Waals surface area contributed by atoms with Gasteiger partial charge in [0.25, 0.3) is 0 Å². The van der Waals surface area contributed by atoms with Gasteiger partial charge in [0.1, 0.15) is 0 Å². The molecule has 0 radical (unpaired) electrons. The second kappa shape index (κ2) is 7.92. The molecule has 0 spiro atoms. The number of rotatable bonds is 8. The fourth-order valence-electron chi connectivity index (χ4n) is 3.20. The Hall–Kier alpha value is -1.14. The molecule has 1 aliphatic carbocycles. The van der Waals surface area contributed by atoms with Gasteiger partial charge in [-0.1, -0.05) is 6.42 Å². The summed E-state index contributed by atoms with van der Waals surface area (Å²) < 4.78 is 10.8. The van der Waals surface area contributed by atoms with Crippen LogP contribution in [0.3, 0.4) is 0 Å². The van der Waals surface area contributed by atoms with E-state index < -0.39 is 11.4 Å². The number of amides is 1. The van der Waals surface area contributed by atoms with Crippen molar-refractivity contribution in [3.63, 3.8) is 0 Å². The topological polar surface area (TPSA) is 76.1 Å². The number of nitrogens with zero attached hydrogens (tertiary/aromatic N) is 1. The van der Waals surface area contributed by atoms with Gasteiger partial charge < -0.3 is 19.5 Å².